The highest BCUT2D eigenvalue weighted by Crippen LogP contribution is 2.23. The van der Waals surface area contributed by atoms with Crippen LogP contribution in [-0.4, -0.2) is 236 Å². The summed E-state index contributed by atoms with van der Waals surface area (Å²) < 4.78 is 4.04. The van der Waals surface area contributed by atoms with Gasteiger partial charge in [-0.2, -0.15) is 0 Å². The molecular weight excluding hydrogens is 1600 g/mol. The van der Waals surface area contributed by atoms with Gasteiger partial charge in [0, 0.05) is 67.5 Å². The maximum absolute atomic E-state index is 15.0. The second kappa shape index (κ2) is 42.9. The van der Waals surface area contributed by atoms with Crippen molar-refractivity contribution < 1.29 is 92.3 Å². The van der Waals surface area contributed by atoms with Gasteiger partial charge in [-0.25, -0.2) is 18.3 Å². The molecule has 5 rings (SSSR count). The Hall–Kier alpha value is -9.75. The van der Waals surface area contributed by atoms with E-state index in [-0.39, 0.29) is 56.7 Å². The molecule has 0 saturated carbocycles. The lowest BCUT2D eigenvalue weighted by atomic mass is 10.0. The fourth-order valence-corrected chi connectivity index (χ4v) is 12.2. The maximum Gasteiger partial charge on any atom is 0.326 e. The first-order valence-corrected chi connectivity index (χ1v) is 35.5. The van der Waals surface area contributed by atoms with Gasteiger partial charge in [-0.1, -0.05) is 88.4 Å². The number of hydrogen-bond acceptors (Lipinski definition) is 20. The number of benzene rings is 2. The number of nitrogens with zero attached hydrogens (tertiary/aromatic N) is 4. The van der Waals surface area contributed by atoms with Crippen molar-refractivity contribution in [2.24, 2.45) is 17.6 Å². The molecule has 0 bridgehead atoms. The van der Waals surface area contributed by atoms with Crippen molar-refractivity contribution in [1.29, 1.82) is 0 Å². The Kier molecular flexibility index (Phi) is 35.1. The molecule has 19 N–H and O–H groups in total. The SMILES string of the molecule is CC(C)C[C@H](NC(=O)[C@H](CC(=O)O)NC(=O)[C@H](Cc1ccccc1)N(I)C(=O)[C@H](Cc1c[nH]cn1)NC(=O)[C@@H]1CCCN1C(=O)[C@H](Cc1ccccc1)NI)C(=O)N[C@@H](CO)C(=O)N[C@@H](Cc1c[nH]cn1)C(=O)NCC(=O)N[C@@H](CO)C(=O)N[C@@H](C)C(=O)N[C@@H](CCC(N)=O)C(=O)N[C@H](C(=O)O)C(C)C. The first-order chi connectivity index (χ1) is 49.8. The molecule has 572 valence electrons. The zero-order valence-electron chi connectivity index (χ0n) is 58.1. The number of halogens is 2. The van der Waals surface area contributed by atoms with Crippen molar-refractivity contribution in [2.45, 2.75) is 171 Å². The van der Waals surface area contributed by atoms with Gasteiger partial charge in [0.1, 0.15) is 66.5 Å². The van der Waals surface area contributed by atoms with E-state index in [1.807, 2.05) is 53.2 Å². The number of primary amides is 1. The molecular formula is C66H90I2N18O19. The number of carboxylic acid groups (broad SMARTS) is 2. The largest absolute Gasteiger partial charge is 0.481 e. The van der Waals surface area contributed by atoms with E-state index >= 15 is 0 Å². The highest BCUT2D eigenvalue weighted by molar-refractivity contribution is 14.1. The number of aliphatic hydroxyl groups is 2. The zero-order valence-corrected chi connectivity index (χ0v) is 62.4. The monoisotopic (exact) mass is 1690 g/mol. The summed E-state index contributed by atoms with van der Waals surface area (Å²) in [7, 11) is 0. The average molecular weight is 1690 g/mol. The van der Waals surface area contributed by atoms with Crippen molar-refractivity contribution in [2.75, 3.05) is 26.3 Å². The van der Waals surface area contributed by atoms with E-state index < -0.39 is 200 Å². The third-order valence-corrected chi connectivity index (χ3v) is 18.4. The zero-order chi connectivity index (χ0) is 77.6. The van der Waals surface area contributed by atoms with Gasteiger partial charge < -0.3 is 94.2 Å². The molecule has 12 atom stereocenters. The molecule has 1 saturated heterocycles. The van der Waals surface area contributed by atoms with Crippen molar-refractivity contribution in [1.82, 2.24) is 84.6 Å². The smallest absolute Gasteiger partial charge is 0.326 e. The van der Waals surface area contributed by atoms with E-state index in [1.54, 1.807) is 67.0 Å². The number of aromatic amines is 2. The molecule has 0 unspecified atom stereocenters. The average Bonchev–Trinajstić information content (AvgIpc) is 1.66. The van der Waals surface area contributed by atoms with E-state index in [9.17, 15) is 92.3 Å². The number of hydrogen-bond donors (Lipinski definition) is 18. The third-order valence-electron chi connectivity index (χ3n) is 16.5. The number of aliphatic hydroxyl groups excluding tert-OH is 2. The minimum absolute atomic E-state index is 0.184. The molecule has 3 heterocycles. The van der Waals surface area contributed by atoms with E-state index in [2.05, 4.69) is 76.6 Å². The summed E-state index contributed by atoms with van der Waals surface area (Å²) in [6.45, 7) is 4.69. The Balaban J connectivity index is 1.27. The molecule has 1 aliphatic heterocycles. The van der Waals surface area contributed by atoms with Crippen LogP contribution in [0, 0.1) is 11.8 Å². The summed E-state index contributed by atoms with van der Waals surface area (Å²) in [5.74, 6) is -16.4. The van der Waals surface area contributed by atoms with Gasteiger partial charge in [-0.15, -0.1) is 0 Å². The van der Waals surface area contributed by atoms with E-state index in [1.165, 1.54) is 50.7 Å². The van der Waals surface area contributed by atoms with Crippen LogP contribution in [-0.2, 0) is 97.6 Å². The van der Waals surface area contributed by atoms with Gasteiger partial charge in [-0.05, 0) is 62.0 Å². The number of amides is 13. The fourth-order valence-electron chi connectivity index (χ4n) is 10.9. The predicted octanol–water partition coefficient (Wildman–Crippen LogP) is -3.74. The standard InChI is InChI=1S/C66H90I2N18O19/c1-34(2)21-42(58(96)82-48(31-88)61(99)79-43(24-39-27-70-32-73-39)56(94)72-29-52(90)76-47(30-87)60(98)75-36(5)55(93)77-41(18-19-51(69)89)57(95)83-54(35(3)4)66(104)105)78-59(97)44(26-53(91)92)80-63(101)50(23-38-15-10-7-11-16-38)86(68)65(103)45(25-40-28-71-33-74-40)81-62(100)49-17-12-20-85(49)64(102)46(84-67)22-37-13-8-6-9-14-37/h6-11,13-16,27-28,32-36,41-50,54,84,87-88H,12,17-26,29-31H2,1-5H3,(H2,69,89)(H,70,73)(H,71,74)(H,72,94)(H,75,98)(H,76,90)(H,77,93)(H,78,97)(H,79,99)(H,80,101)(H,81,100)(H,82,96)(H,83,95)(H,91,92)(H,104,105)/t36-,41-,42-,43-,44-,45-,46-,47-,48-,49-,50-,54-/m0/s1. The van der Waals surface area contributed by atoms with Crippen LogP contribution >= 0.6 is 45.7 Å². The van der Waals surface area contributed by atoms with Crippen LogP contribution < -0.4 is 62.4 Å². The van der Waals surface area contributed by atoms with Gasteiger partial charge in [-0.3, -0.25) is 70.2 Å². The molecule has 0 aliphatic carbocycles. The minimum atomic E-state index is -1.95. The summed E-state index contributed by atoms with van der Waals surface area (Å²) in [6, 6.07) is -0.164. The quantitative estimate of drug-likeness (QED) is 0.0150. The number of H-pyrrole nitrogens is 2. The number of carbonyl (C=O) groups is 15. The van der Waals surface area contributed by atoms with Crippen LogP contribution in [0.2, 0.25) is 0 Å². The topological polar surface area (TPSA) is 559 Å². The predicted molar refractivity (Wildman–Crippen MR) is 388 cm³/mol. The summed E-state index contributed by atoms with van der Waals surface area (Å²) in [4.78, 5) is 219. The van der Waals surface area contributed by atoms with E-state index in [0.717, 1.165) is 8.68 Å². The number of imidazole rings is 2. The summed E-state index contributed by atoms with van der Waals surface area (Å²) in [6.07, 6.45) is 3.73. The van der Waals surface area contributed by atoms with Crippen LogP contribution in [0.5, 0.6) is 0 Å². The first-order valence-electron chi connectivity index (χ1n) is 33.5. The molecule has 1 aliphatic rings. The first kappa shape index (κ1) is 85.9. The van der Waals surface area contributed by atoms with Crippen molar-refractivity contribution >= 4 is 134 Å². The summed E-state index contributed by atoms with van der Waals surface area (Å²) in [5.41, 5.74) is 7.15. The highest BCUT2D eigenvalue weighted by atomic mass is 127. The second-order valence-electron chi connectivity index (χ2n) is 25.5. The molecule has 1 fully saturated rings. The number of nitrogens with one attached hydrogen (secondary N) is 13. The molecule has 0 spiro atoms. The Morgan fingerprint density at radius 3 is 1.64 bits per heavy atom. The van der Waals surface area contributed by atoms with Crippen LogP contribution in [0.15, 0.2) is 85.7 Å². The van der Waals surface area contributed by atoms with Crippen LogP contribution in [0.25, 0.3) is 0 Å². The lowest BCUT2D eigenvalue weighted by Gasteiger charge is -2.32. The molecule has 13 amide bonds. The molecule has 2 aromatic carbocycles. The molecule has 39 heteroatoms. The van der Waals surface area contributed by atoms with Gasteiger partial charge in [0.2, 0.25) is 70.9 Å². The van der Waals surface area contributed by atoms with Crippen LogP contribution in [0.4, 0.5) is 0 Å². The molecule has 37 nitrogen and oxygen atoms in total. The summed E-state index contributed by atoms with van der Waals surface area (Å²) >= 11 is 3.50. The van der Waals surface area contributed by atoms with Crippen LogP contribution in [0.3, 0.4) is 0 Å². The van der Waals surface area contributed by atoms with Gasteiger partial charge >= 0.3 is 11.9 Å². The number of carboxylic acids is 2. The van der Waals surface area contributed by atoms with Crippen molar-refractivity contribution in [3.05, 3.63) is 108 Å². The number of carbonyl (C=O) groups excluding carboxylic acids is 13. The highest BCUT2D eigenvalue weighted by Gasteiger charge is 2.42. The maximum atomic E-state index is 15.0. The lowest BCUT2D eigenvalue weighted by Crippen LogP contribution is -2.61. The van der Waals surface area contributed by atoms with Gasteiger partial charge in [0.25, 0.3) is 5.91 Å². The number of nitrogens with two attached hydrogens (primary N) is 1. The van der Waals surface area contributed by atoms with Gasteiger partial charge in [0.05, 0.1) is 79.1 Å². The normalized spacial score (nSPS) is 15.8. The van der Waals surface area contributed by atoms with E-state index in [4.69, 9.17) is 5.73 Å². The Bertz CT molecular complexity index is 3640. The molecule has 0 radical (unpaired) electrons. The molecule has 105 heavy (non-hydrogen) atoms. The number of aliphatic carboxylic acids is 2. The number of rotatable bonds is 43. The Morgan fingerprint density at radius 1 is 0.590 bits per heavy atom. The summed E-state index contributed by atoms with van der Waals surface area (Å²) in [5, 5.41) is 64.0. The van der Waals surface area contributed by atoms with E-state index in [0.29, 0.717) is 24.1 Å². The molecule has 2 aromatic heterocycles. The van der Waals surface area contributed by atoms with Crippen molar-refractivity contribution in [3.63, 3.8) is 0 Å². The lowest BCUT2D eigenvalue weighted by molar-refractivity contribution is -0.143. The van der Waals surface area contributed by atoms with Gasteiger partial charge in [0.15, 0.2) is 0 Å². The fraction of sp³-hybridized carbons (Fsp3) is 0.500. The van der Waals surface area contributed by atoms with Crippen molar-refractivity contribution in [3.8, 4) is 0 Å². The Morgan fingerprint density at radius 2 is 1.10 bits per heavy atom. The Labute approximate surface area is 631 Å². The minimum Gasteiger partial charge on any atom is -0.481 e. The third kappa shape index (κ3) is 27.7. The second-order valence-corrected chi connectivity index (χ2v) is 27.2. The number of aromatic nitrogens is 4. The number of likely N-dealkylation sites (tertiary alicyclic amines) is 1. The molecule has 4 aromatic rings. The van der Waals surface area contributed by atoms with Crippen LogP contribution in [0.1, 0.15) is 95.7 Å².